The Balaban J connectivity index is 3.15. The molecule has 0 spiro atoms. The minimum absolute atomic E-state index is 0.0288. The van der Waals surface area contributed by atoms with Gasteiger partial charge in [-0.3, -0.25) is 14.4 Å². The van der Waals surface area contributed by atoms with Gasteiger partial charge in [-0.1, -0.05) is 25.1 Å². The molecule has 1 atom stereocenters. The van der Waals surface area contributed by atoms with Crippen molar-refractivity contribution in [3.8, 4) is 0 Å². The molecule has 0 radical (unpaired) electrons. The van der Waals surface area contributed by atoms with E-state index in [0.717, 1.165) is 11.1 Å². The molecule has 0 fully saturated rings. The van der Waals surface area contributed by atoms with Crippen molar-refractivity contribution in [1.82, 2.24) is 15.5 Å². The number of hydrogen-bond acceptors (Lipinski definition) is 6. The van der Waals surface area contributed by atoms with Gasteiger partial charge in [0.05, 0.1) is 13.0 Å². The van der Waals surface area contributed by atoms with Gasteiger partial charge in [-0.2, -0.15) is 0 Å². The van der Waals surface area contributed by atoms with E-state index in [9.17, 15) is 19.2 Å². The van der Waals surface area contributed by atoms with Gasteiger partial charge in [0.15, 0.2) is 0 Å². The number of aryl methyl sites for hydroxylation is 1. The molecule has 2 N–H and O–H groups in total. The number of carbonyl (C=O) groups is 4. The summed E-state index contributed by atoms with van der Waals surface area (Å²) in [5, 5.41) is 5.24. The summed E-state index contributed by atoms with van der Waals surface area (Å²) in [6.45, 7) is 13.0. The lowest BCUT2D eigenvalue weighted by Crippen LogP contribution is -2.48. The third-order valence-electron chi connectivity index (χ3n) is 5.00. The van der Waals surface area contributed by atoms with Crippen LogP contribution in [0, 0.1) is 13.8 Å². The molecule has 3 amide bonds. The van der Waals surface area contributed by atoms with Crippen LogP contribution in [0.15, 0.2) is 18.2 Å². The zero-order valence-corrected chi connectivity index (χ0v) is 21.4. The minimum Gasteiger partial charge on any atom is -0.466 e. The third-order valence-corrected chi connectivity index (χ3v) is 5.00. The smallest absolute Gasteiger partial charge is 0.408 e. The monoisotopic (exact) mass is 477 g/mol. The molecule has 0 aliphatic carbocycles. The summed E-state index contributed by atoms with van der Waals surface area (Å²) in [6, 6.07) is 4.67. The van der Waals surface area contributed by atoms with Crippen LogP contribution in [0.5, 0.6) is 0 Å². The Morgan fingerprint density at radius 1 is 1.06 bits per heavy atom. The maximum absolute atomic E-state index is 13.3. The molecule has 9 heteroatoms. The largest absolute Gasteiger partial charge is 0.466 e. The van der Waals surface area contributed by atoms with Crippen LogP contribution in [0.3, 0.4) is 0 Å². The number of carbonyl (C=O) groups excluding carboxylic acids is 4. The summed E-state index contributed by atoms with van der Waals surface area (Å²) < 4.78 is 10.1. The van der Waals surface area contributed by atoms with Crippen LogP contribution < -0.4 is 10.6 Å². The van der Waals surface area contributed by atoms with Gasteiger partial charge < -0.3 is 25.0 Å². The van der Waals surface area contributed by atoms with Crippen molar-refractivity contribution in [1.29, 1.82) is 0 Å². The molecule has 9 nitrogen and oxygen atoms in total. The fourth-order valence-electron chi connectivity index (χ4n) is 3.34. The van der Waals surface area contributed by atoms with Crippen molar-refractivity contribution in [2.75, 3.05) is 26.2 Å². The summed E-state index contributed by atoms with van der Waals surface area (Å²) >= 11 is 0. The number of rotatable bonds is 11. The molecule has 190 valence electrons. The first-order valence-corrected chi connectivity index (χ1v) is 11.7. The van der Waals surface area contributed by atoms with Crippen molar-refractivity contribution in [2.24, 2.45) is 0 Å². The number of nitrogens with one attached hydrogen (secondary N) is 2. The molecule has 0 saturated heterocycles. The van der Waals surface area contributed by atoms with Crippen LogP contribution in [0.1, 0.15) is 70.2 Å². The van der Waals surface area contributed by atoms with Gasteiger partial charge in [-0.05, 0) is 64.7 Å². The topological polar surface area (TPSA) is 114 Å². The average Bonchev–Trinajstić information content (AvgIpc) is 2.73. The van der Waals surface area contributed by atoms with Gasteiger partial charge in [0.25, 0.3) is 0 Å². The number of alkyl carbamates (subject to hydrolysis) is 1. The Hall–Kier alpha value is -3.10. The number of ether oxygens (including phenoxy) is 2. The normalized spacial score (nSPS) is 11.9. The molecule has 0 aliphatic heterocycles. The second kappa shape index (κ2) is 13.6. The van der Waals surface area contributed by atoms with E-state index in [2.05, 4.69) is 10.6 Å². The molecule has 1 aromatic rings. The highest BCUT2D eigenvalue weighted by Crippen LogP contribution is 2.27. The second-order valence-electron chi connectivity index (χ2n) is 8.98. The van der Waals surface area contributed by atoms with Crippen LogP contribution in [0.2, 0.25) is 0 Å². The number of nitrogens with zero attached hydrogens (tertiary/aromatic N) is 1. The predicted molar refractivity (Wildman–Crippen MR) is 129 cm³/mol. The van der Waals surface area contributed by atoms with Gasteiger partial charge >= 0.3 is 12.1 Å². The molecule has 1 aromatic carbocycles. The van der Waals surface area contributed by atoms with Gasteiger partial charge in [0, 0.05) is 13.1 Å². The number of benzene rings is 1. The van der Waals surface area contributed by atoms with E-state index in [0.29, 0.717) is 18.5 Å². The Bertz CT molecular complexity index is 863. The maximum atomic E-state index is 13.3. The molecule has 1 unspecified atom stereocenters. The zero-order chi connectivity index (χ0) is 25.9. The van der Waals surface area contributed by atoms with Crippen LogP contribution in [0.25, 0.3) is 0 Å². The van der Waals surface area contributed by atoms with E-state index in [4.69, 9.17) is 9.47 Å². The molecule has 0 saturated carbocycles. The van der Waals surface area contributed by atoms with E-state index in [-0.39, 0.29) is 26.1 Å². The van der Waals surface area contributed by atoms with Crippen molar-refractivity contribution in [3.63, 3.8) is 0 Å². The van der Waals surface area contributed by atoms with E-state index >= 15 is 0 Å². The van der Waals surface area contributed by atoms with Gasteiger partial charge in [-0.25, -0.2) is 4.79 Å². The third kappa shape index (κ3) is 9.41. The van der Waals surface area contributed by atoms with Crippen molar-refractivity contribution < 1.29 is 28.7 Å². The Morgan fingerprint density at radius 3 is 2.32 bits per heavy atom. The highest BCUT2D eigenvalue weighted by molar-refractivity contribution is 5.91. The number of hydrogen-bond donors (Lipinski definition) is 2. The molecule has 0 aromatic heterocycles. The summed E-state index contributed by atoms with van der Waals surface area (Å²) in [7, 11) is 0. The maximum Gasteiger partial charge on any atom is 0.408 e. The molecule has 1 rings (SSSR count). The highest BCUT2D eigenvalue weighted by Gasteiger charge is 2.32. The van der Waals surface area contributed by atoms with Crippen molar-refractivity contribution in [3.05, 3.63) is 34.9 Å². The lowest BCUT2D eigenvalue weighted by Gasteiger charge is -2.32. The molecular weight excluding hydrogens is 438 g/mol. The quantitative estimate of drug-likeness (QED) is 0.473. The lowest BCUT2D eigenvalue weighted by atomic mass is 9.95. The van der Waals surface area contributed by atoms with Crippen molar-refractivity contribution >= 4 is 23.9 Å². The van der Waals surface area contributed by atoms with Gasteiger partial charge in [0.1, 0.15) is 18.2 Å². The highest BCUT2D eigenvalue weighted by atomic mass is 16.6. The number of esters is 1. The first kappa shape index (κ1) is 28.9. The summed E-state index contributed by atoms with van der Waals surface area (Å²) in [5.41, 5.74) is 1.86. The van der Waals surface area contributed by atoms with Crippen LogP contribution in [-0.2, 0) is 23.9 Å². The second-order valence-corrected chi connectivity index (χ2v) is 8.98. The molecule has 0 bridgehead atoms. The Kier molecular flexibility index (Phi) is 11.5. The van der Waals surface area contributed by atoms with Gasteiger partial charge in [0.2, 0.25) is 11.8 Å². The Morgan fingerprint density at radius 2 is 1.74 bits per heavy atom. The first-order valence-electron chi connectivity index (χ1n) is 11.7. The summed E-state index contributed by atoms with van der Waals surface area (Å²) in [4.78, 5) is 51.7. The average molecular weight is 478 g/mol. The molecule has 0 heterocycles. The summed E-state index contributed by atoms with van der Waals surface area (Å²) in [5.74, 6) is -1.23. The first-order chi connectivity index (χ1) is 15.9. The fourth-order valence-corrected chi connectivity index (χ4v) is 3.34. The van der Waals surface area contributed by atoms with E-state index < -0.39 is 35.5 Å². The van der Waals surface area contributed by atoms with E-state index in [1.54, 1.807) is 27.7 Å². The lowest BCUT2D eigenvalue weighted by molar-refractivity contribution is -0.143. The van der Waals surface area contributed by atoms with Crippen LogP contribution in [-0.4, -0.2) is 60.6 Å². The molecular formula is C25H39N3O6. The van der Waals surface area contributed by atoms with Crippen LogP contribution in [0.4, 0.5) is 4.79 Å². The van der Waals surface area contributed by atoms with Crippen LogP contribution >= 0.6 is 0 Å². The molecule has 34 heavy (non-hydrogen) atoms. The predicted octanol–water partition coefficient (Wildman–Crippen LogP) is 3.18. The zero-order valence-electron chi connectivity index (χ0n) is 21.4. The molecule has 0 aliphatic rings. The fraction of sp³-hybridized carbons (Fsp3) is 0.600. The minimum atomic E-state index is -0.921. The summed E-state index contributed by atoms with van der Waals surface area (Å²) in [6.07, 6.45) is -0.0732. The van der Waals surface area contributed by atoms with E-state index in [1.807, 2.05) is 39.0 Å². The SMILES string of the molecule is CCCN(C(=O)CNC(=O)OC(C)(C)C)C(C(=O)NCCC(=O)OCC)c1cccc(C)c1C. The van der Waals surface area contributed by atoms with Gasteiger partial charge in [-0.15, -0.1) is 0 Å². The van der Waals surface area contributed by atoms with Crippen molar-refractivity contribution in [2.45, 2.75) is 73.0 Å². The number of amides is 3. The standard InChI is InChI=1S/C25H39N3O6/c1-8-15-28(20(29)16-27-24(32)34-25(5,6)7)22(19-12-10-11-17(3)18(19)4)23(31)26-14-13-21(30)33-9-2/h10-12,22H,8-9,13-16H2,1-7H3,(H,26,31)(H,27,32). The Labute approximate surface area is 202 Å². The van der Waals surface area contributed by atoms with E-state index in [1.165, 1.54) is 4.90 Å².